The van der Waals surface area contributed by atoms with Gasteiger partial charge in [-0.25, -0.2) is 0 Å². The molecule has 2 N–H and O–H groups in total. The number of hydrogen-bond donors (Lipinski definition) is 2. The van der Waals surface area contributed by atoms with Gasteiger partial charge >= 0.3 is 0 Å². The van der Waals surface area contributed by atoms with Crippen molar-refractivity contribution in [3.05, 3.63) is 35.4 Å². The Hall–Kier alpha value is -1.10. The van der Waals surface area contributed by atoms with E-state index in [0.717, 1.165) is 58.3 Å². The topological polar surface area (TPSA) is 50.4 Å². The Balaban J connectivity index is 0.00000182. The van der Waals surface area contributed by atoms with E-state index in [9.17, 15) is 4.79 Å². The number of carbonyl (C=O) groups is 1. The molecule has 1 aromatic carbocycles. The molecule has 2 atom stereocenters. The Morgan fingerprint density at radius 1 is 1.28 bits per heavy atom. The molecule has 1 aliphatic heterocycles. The highest BCUT2D eigenvalue weighted by atomic mass is 35.5. The van der Waals surface area contributed by atoms with Gasteiger partial charge in [-0.15, -0.1) is 12.4 Å². The lowest BCUT2D eigenvalue weighted by Crippen LogP contribution is -2.47. The van der Waals surface area contributed by atoms with Crippen LogP contribution in [0.5, 0.6) is 0 Å². The van der Waals surface area contributed by atoms with Crippen LogP contribution in [0.4, 0.5) is 0 Å². The fraction of sp³-hybridized carbons (Fsp3) is 0.650. The van der Waals surface area contributed by atoms with Crippen molar-refractivity contribution in [2.45, 2.75) is 37.5 Å². The van der Waals surface area contributed by atoms with Gasteiger partial charge in [-0.2, -0.15) is 0 Å². The summed E-state index contributed by atoms with van der Waals surface area (Å²) in [5.74, 6) is 0.420. The molecule has 138 valence electrons. The average Bonchev–Trinajstić information content (AvgIpc) is 3.23. The number of carbonyl (C=O) groups excluding carboxylic acids is 1. The third-order valence-corrected chi connectivity index (χ3v) is 6.54. The van der Waals surface area contributed by atoms with Gasteiger partial charge in [0.2, 0.25) is 5.91 Å². The summed E-state index contributed by atoms with van der Waals surface area (Å²) >= 11 is 0. The van der Waals surface area contributed by atoms with Gasteiger partial charge in [0.25, 0.3) is 0 Å². The molecular weight excluding hydrogens is 336 g/mol. The number of nitrogens with one attached hydrogen (secondary N) is 2. The molecule has 2 fully saturated rings. The van der Waals surface area contributed by atoms with Crippen molar-refractivity contribution >= 4 is 18.3 Å². The normalized spacial score (nSPS) is 28.9. The van der Waals surface area contributed by atoms with Crippen LogP contribution in [0.15, 0.2) is 24.3 Å². The van der Waals surface area contributed by atoms with Crippen LogP contribution in [0.3, 0.4) is 0 Å². The first kappa shape index (κ1) is 18.7. The summed E-state index contributed by atoms with van der Waals surface area (Å²) in [6.45, 7) is 3.50. The number of methoxy groups -OCH3 is 1. The van der Waals surface area contributed by atoms with Crippen LogP contribution in [0.2, 0.25) is 0 Å². The second-order valence-electron chi connectivity index (χ2n) is 7.97. The molecule has 1 aromatic rings. The fourth-order valence-corrected chi connectivity index (χ4v) is 4.97. The number of amides is 1. The molecule has 0 bridgehead atoms. The predicted molar refractivity (Wildman–Crippen MR) is 101 cm³/mol. The zero-order chi connectivity index (χ0) is 16.6. The first-order valence-electron chi connectivity index (χ1n) is 9.25. The molecule has 4 rings (SSSR count). The maximum absolute atomic E-state index is 12.8. The van der Waals surface area contributed by atoms with Gasteiger partial charge in [-0.1, -0.05) is 24.3 Å². The smallest absolute Gasteiger partial charge is 0.224 e. The molecule has 0 radical (unpaired) electrons. The van der Waals surface area contributed by atoms with E-state index in [2.05, 4.69) is 34.9 Å². The summed E-state index contributed by atoms with van der Waals surface area (Å²) in [4.78, 5) is 12.8. The van der Waals surface area contributed by atoms with Crippen LogP contribution in [0.25, 0.3) is 0 Å². The highest BCUT2D eigenvalue weighted by Gasteiger charge is 2.61. The van der Waals surface area contributed by atoms with E-state index in [1.165, 1.54) is 11.1 Å². The number of piperidine rings is 1. The molecule has 1 saturated heterocycles. The molecule has 1 amide bonds. The molecule has 1 saturated carbocycles. The van der Waals surface area contributed by atoms with Crippen molar-refractivity contribution < 1.29 is 9.53 Å². The molecule has 4 nitrogen and oxygen atoms in total. The highest BCUT2D eigenvalue weighted by Crippen LogP contribution is 2.61. The lowest BCUT2D eigenvalue weighted by molar-refractivity contribution is -0.123. The zero-order valence-electron chi connectivity index (χ0n) is 15.0. The van der Waals surface area contributed by atoms with E-state index < -0.39 is 0 Å². The van der Waals surface area contributed by atoms with Crippen LogP contribution in [-0.4, -0.2) is 39.3 Å². The fourth-order valence-electron chi connectivity index (χ4n) is 4.97. The lowest BCUT2D eigenvalue weighted by Gasteiger charge is -2.37. The molecular formula is C20H29ClN2O2. The number of fused-ring (bicyclic) bond motifs is 2. The highest BCUT2D eigenvalue weighted by molar-refractivity contribution is 5.85. The molecule has 1 spiro atoms. The number of hydrogen-bond acceptors (Lipinski definition) is 3. The van der Waals surface area contributed by atoms with Crippen molar-refractivity contribution in [1.29, 1.82) is 0 Å². The third kappa shape index (κ3) is 3.32. The molecule has 25 heavy (non-hydrogen) atoms. The SMILES string of the molecule is COCC1(CNC(=O)C2CC23CCc2ccccc23)CCNCC1.Cl. The molecule has 2 unspecified atom stereocenters. The summed E-state index contributed by atoms with van der Waals surface area (Å²) in [5, 5.41) is 6.68. The predicted octanol–water partition coefficient (Wildman–Crippen LogP) is 2.44. The minimum Gasteiger partial charge on any atom is -0.384 e. The van der Waals surface area contributed by atoms with Crippen LogP contribution >= 0.6 is 12.4 Å². The second kappa shape index (κ2) is 7.26. The van der Waals surface area contributed by atoms with Gasteiger partial charge in [0.05, 0.1) is 6.61 Å². The van der Waals surface area contributed by atoms with Crippen LogP contribution in [0.1, 0.15) is 36.8 Å². The first-order chi connectivity index (χ1) is 11.7. The Kier molecular flexibility index (Phi) is 5.42. The minimum absolute atomic E-state index is 0. The van der Waals surface area contributed by atoms with Gasteiger partial charge in [0, 0.05) is 30.4 Å². The zero-order valence-corrected chi connectivity index (χ0v) is 15.8. The van der Waals surface area contributed by atoms with Crippen LogP contribution < -0.4 is 10.6 Å². The number of halogens is 1. The molecule has 0 aromatic heterocycles. The van der Waals surface area contributed by atoms with Crippen LogP contribution in [-0.2, 0) is 21.4 Å². The molecule has 1 heterocycles. The van der Waals surface area contributed by atoms with E-state index in [1.54, 1.807) is 7.11 Å². The number of ether oxygens (including phenoxy) is 1. The summed E-state index contributed by atoms with van der Waals surface area (Å²) in [6.07, 6.45) is 5.42. The van der Waals surface area contributed by atoms with Gasteiger partial charge in [0.15, 0.2) is 0 Å². The Bertz CT molecular complexity index is 624. The lowest BCUT2D eigenvalue weighted by atomic mass is 9.79. The molecule has 3 aliphatic rings. The summed E-state index contributed by atoms with van der Waals surface area (Å²) < 4.78 is 5.45. The van der Waals surface area contributed by atoms with E-state index >= 15 is 0 Å². The average molecular weight is 365 g/mol. The molecule has 5 heteroatoms. The number of aryl methyl sites for hydroxylation is 1. The third-order valence-electron chi connectivity index (χ3n) is 6.54. The standard InChI is InChI=1S/C20H28N2O2.ClH/c1-24-14-19(8-10-21-11-9-19)13-22-18(23)17-12-20(17)7-6-15-4-2-3-5-16(15)20;/h2-5,17,21H,6-14H2,1H3,(H,22,23);1H. The van der Waals surface area contributed by atoms with Crippen molar-refractivity contribution in [3.63, 3.8) is 0 Å². The quantitative estimate of drug-likeness (QED) is 0.843. The second-order valence-corrected chi connectivity index (χ2v) is 7.97. The van der Waals surface area contributed by atoms with Gasteiger partial charge < -0.3 is 15.4 Å². The van der Waals surface area contributed by atoms with Crippen LogP contribution in [0, 0.1) is 11.3 Å². The Morgan fingerprint density at radius 2 is 2.04 bits per heavy atom. The number of rotatable bonds is 5. The first-order valence-corrected chi connectivity index (χ1v) is 9.25. The van der Waals surface area contributed by atoms with Crippen molar-refractivity contribution in [3.8, 4) is 0 Å². The maximum atomic E-state index is 12.8. The summed E-state index contributed by atoms with van der Waals surface area (Å²) in [6, 6.07) is 8.68. The van der Waals surface area contributed by atoms with Gasteiger partial charge in [-0.3, -0.25) is 4.79 Å². The Labute approximate surface area is 156 Å². The van der Waals surface area contributed by atoms with E-state index in [1.807, 2.05) is 0 Å². The van der Waals surface area contributed by atoms with E-state index in [4.69, 9.17) is 4.74 Å². The van der Waals surface area contributed by atoms with E-state index in [-0.39, 0.29) is 35.1 Å². The monoisotopic (exact) mass is 364 g/mol. The minimum atomic E-state index is 0. The largest absolute Gasteiger partial charge is 0.384 e. The van der Waals surface area contributed by atoms with Crippen molar-refractivity contribution in [2.24, 2.45) is 11.3 Å². The van der Waals surface area contributed by atoms with Gasteiger partial charge in [0.1, 0.15) is 0 Å². The maximum Gasteiger partial charge on any atom is 0.224 e. The summed E-state index contributed by atoms with van der Waals surface area (Å²) in [7, 11) is 1.76. The number of benzene rings is 1. The molecule has 2 aliphatic carbocycles. The van der Waals surface area contributed by atoms with E-state index in [0.29, 0.717) is 0 Å². The Morgan fingerprint density at radius 3 is 2.80 bits per heavy atom. The van der Waals surface area contributed by atoms with Gasteiger partial charge in [-0.05, 0) is 56.3 Å². The van der Waals surface area contributed by atoms with Crippen molar-refractivity contribution in [2.75, 3.05) is 33.4 Å². The summed E-state index contributed by atoms with van der Waals surface area (Å²) in [5.41, 5.74) is 3.12. The van der Waals surface area contributed by atoms with Crippen molar-refractivity contribution in [1.82, 2.24) is 10.6 Å².